The highest BCUT2D eigenvalue weighted by molar-refractivity contribution is 8.05. The van der Waals surface area contributed by atoms with Gasteiger partial charge in [0, 0.05) is 23.7 Å². The van der Waals surface area contributed by atoms with Crippen molar-refractivity contribution in [3.63, 3.8) is 0 Å². The predicted octanol–water partition coefficient (Wildman–Crippen LogP) is 4.63. The molecule has 0 aliphatic carbocycles. The molecule has 1 fully saturated rings. The zero-order chi connectivity index (χ0) is 21.8. The van der Waals surface area contributed by atoms with E-state index in [1.165, 1.54) is 11.8 Å². The standard InChI is InChI=1S/C23H21ClN4O2S/c1-2-9-26-21(29)16-6-7-17(24)19(13-16)27-23-28-22(30)20(31-23)12-14-5-8-18-15(11-14)4-3-10-25-18/h3-8,10-13,23,27H,2,9H2,1H3,(H,26,29)(H,28,30). The topological polar surface area (TPSA) is 83.1 Å². The number of halogens is 1. The van der Waals surface area contributed by atoms with Crippen LogP contribution in [0, 0.1) is 0 Å². The molecule has 2 aromatic carbocycles. The van der Waals surface area contributed by atoms with Gasteiger partial charge in [-0.25, -0.2) is 0 Å². The van der Waals surface area contributed by atoms with Crippen LogP contribution in [0.15, 0.2) is 59.6 Å². The van der Waals surface area contributed by atoms with Gasteiger partial charge in [-0.3, -0.25) is 14.6 Å². The number of aromatic nitrogens is 1. The van der Waals surface area contributed by atoms with Crippen molar-refractivity contribution in [1.29, 1.82) is 0 Å². The van der Waals surface area contributed by atoms with E-state index in [-0.39, 0.29) is 11.8 Å². The number of thioether (sulfide) groups is 1. The van der Waals surface area contributed by atoms with Gasteiger partial charge in [-0.05, 0) is 54.5 Å². The number of benzene rings is 2. The molecule has 0 spiro atoms. The van der Waals surface area contributed by atoms with Crippen molar-refractivity contribution in [3.8, 4) is 0 Å². The zero-order valence-electron chi connectivity index (χ0n) is 16.8. The number of nitrogens with one attached hydrogen (secondary N) is 3. The molecule has 0 saturated carbocycles. The second kappa shape index (κ2) is 9.41. The first-order valence-electron chi connectivity index (χ1n) is 9.92. The first-order valence-corrected chi connectivity index (χ1v) is 11.2. The van der Waals surface area contributed by atoms with Crippen LogP contribution in [-0.4, -0.2) is 28.8 Å². The molecule has 3 N–H and O–H groups in total. The average molecular weight is 453 g/mol. The van der Waals surface area contributed by atoms with Crippen LogP contribution in [0.1, 0.15) is 29.3 Å². The van der Waals surface area contributed by atoms with Crippen molar-refractivity contribution >= 4 is 57.8 Å². The Labute approximate surface area is 189 Å². The van der Waals surface area contributed by atoms with Crippen molar-refractivity contribution in [1.82, 2.24) is 15.6 Å². The molecule has 0 bridgehead atoms. The number of pyridine rings is 1. The first kappa shape index (κ1) is 21.2. The van der Waals surface area contributed by atoms with E-state index < -0.39 is 5.50 Å². The fourth-order valence-electron chi connectivity index (χ4n) is 3.16. The van der Waals surface area contributed by atoms with Crippen LogP contribution in [0.5, 0.6) is 0 Å². The third kappa shape index (κ3) is 5.00. The Morgan fingerprint density at radius 3 is 2.97 bits per heavy atom. The normalized spacial score (nSPS) is 17.0. The highest BCUT2D eigenvalue weighted by Crippen LogP contribution is 2.33. The lowest BCUT2D eigenvalue weighted by Gasteiger charge is -2.15. The molecule has 3 aromatic rings. The molecule has 0 radical (unpaired) electrons. The lowest BCUT2D eigenvalue weighted by atomic mass is 10.1. The highest BCUT2D eigenvalue weighted by atomic mass is 35.5. The van der Waals surface area contributed by atoms with Gasteiger partial charge in [0.15, 0.2) is 5.50 Å². The van der Waals surface area contributed by atoms with Crippen molar-refractivity contribution in [2.75, 3.05) is 11.9 Å². The molecule has 2 heterocycles. The fraction of sp³-hybridized carbons (Fsp3) is 0.174. The van der Waals surface area contributed by atoms with Crippen LogP contribution >= 0.6 is 23.4 Å². The fourth-order valence-corrected chi connectivity index (χ4v) is 4.31. The zero-order valence-corrected chi connectivity index (χ0v) is 18.4. The molecule has 4 rings (SSSR count). The van der Waals surface area contributed by atoms with Crippen LogP contribution < -0.4 is 16.0 Å². The maximum Gasteiger partial charge on any atom is 0.260 e. The maximum absolute atomic E-state index is 12.5. The van der Waals surface area contributed by atoms with Gasteiger partial charge < -0.3 is 16.0 Å². The van der Waals surface area contributed by atoms with E-state index in [1.54, 1.807) is 24.4 Å². The van der Waals surface area contributed by atoms with E-state index in [0.29, 0.717) is 27.7 Å². The minimum absolute atomic E-state index is 0.156. The number of carbonyl (C=O) groups is 2. The molecule has 1 aliphatic heterocycles. The quantitative estimate of drug-likeness (QED) is 0.475. The van der Waals surface area contributed by atoms with Gasteiger partial charge in [0.1, 0.15) is 0 Å². The molecule has 1 saturated heterocycles. The number of carbonyl (C=O) groups excluding carboxylic acids is 2. The van der Waals surface area contributed by atoms with Gasteiger partial charge in [0.2, 0.25) is 0 Å². The average Bonchev–Trinajstić information content (AvgIpc) is 3.12. The first-order chi connectivity index (χ1) is 15.0. The van der Waals surface area contributed by atoms with Gasteiger partial charge in [-0.1, -0.05) is 42.4 Å². The minimum Gasteiger partial charge on any atom is -0.355 e. The summed E-state index contributed by atoms with van der Waals surface area (Å²) in [6.45, 7) is 2.60. The Morgan fingerprint density at radius 2 is 2.13 bits per heavy atom. The van der Waals surface area contributed by atoms with Crippen molar-refractivity contribution in [2.45, 2.75) is 18.8 Å². The Morgan fingerprint density at radius 1 is 1.26 bits per heavy atom. The number of amides is 2. The molecule has 158 valence electrons. The molecule has 1 unspecified atom stereocenters. The number of nitrogens with zero attached hydrogens (tertiary/aromatic N) is 1. The van der Waals surface area contributed by atoms with E-state index in [0.717, 1.165) is 22.9 Å². The van der Waals surface area contributed by atoms with Crippen LogP contribution in [0.25, 0.3) is 17.0 Å². The third-order valence-electron chi connectivity index (χ3n) is 4.71. The van der Waals surface area contributed by atoms with E-state index >= 15 is 0 Å². The summed E-state index contributed by atoms with van der Waals surface area (Å²) >= 11 is 7.67. The largest absolute Gasteiger partial charge is 0.355 e. The summed E-state index contributed by atoms with van der Waals surface area (Å²) in [6.07, 6.45) is 4.47. The van der Waals surface area contributed by atoms with Gasteiger partial charge >= 0.3 is 0 Å². The predicted molar refractivity (Wildman–Crippen MR) is 127 cm³/mol. The number of anilines is 1. The summed E-state index contributed by atoms with van der Waals surface area (Å²) < 4.78 is 0. The molecule has 8 heteroatoms. The Bertz CT molecular complexity index is 1180. The van der Waals surface area contributed by atoms with Crippen LogP contribution in [-0.2, 0) is 4.79 Å². The van der Waals surface area contributed by atoms with Gasteiger partial charge in [-0.15, -0.1) is 0 Å². The monoisotopic (exact) mass is 452 g/mol. The lowest BCUT2D eigenvalue weighted by Crippen LogP contribution is -2.31. The van der Waals surface area contributed by atoms with Crippen LogP contribution in [0.3, 0.4) is 0 Å². The number of rotatable bonds is 6. The van der Waals surface area contributed by atoms with Gasteiger partial charge in [-0.2, -0.15) is 0 Å². The maximum atomic E-state index is 12.5. The number of hydrogen-bond acceptors (Lipinski definition) is 5. The van der Waals surface area contributed by atoms with Crippen molar-refractivity contribution in [2.24, 2.45) is 0 Å². The summed E-state index contributed by atoms with van der Waals surface area (Å²) in [5.74, 6) is -0.321. The van der Waals surface area contributed by atoms with Crippen LogP contribution in [0.4, 0.5) is 5.69 Å². The second-order valence-electron chi connectivity index (χ2n) is 7.03. The molecular weight excluding hydrogens is 432 g/mol. The number of hydrogen-bond donors (Lipinski definition) is 3. The van der Waals surface area contributed by atoms with E-state index in [1.807, 2.05) is 43.3 Å². The SMILES string of the molecule is CCCNC(=O)c1ccc(Cl)c(NC2NC(=O)C(=Cc3ccc4ncccc4c3)S2)c1. The summed E-state index contributed by atoms with van der Waals surface area (Å²) in [5.41, 5.74) is 2.53. The lowest BCUT2D eigenvalue weighted by molar-refractivity contribution is -0.116. The molecule has 1 aromatic heterocycles. The molecule has 6 nitrogen and oxygen atoms in total. The molecular formula is C23H21ClN4O2S. The van der Waals surface area contributed by atoms with Gasteiger partial charge in [0.25, 0.3) is 11.8 Å². The highest BCUT2D eigenvalue weighted by Gasteiger charge is 2.27. The van der Waals surface area contributed by atoms with Crippen LogP contribution in [0.2, 0.25) is 5.02 Å². The Balaban J connectivity index is 1.49. The minimum atomic E-state index is -0.396. The van der Waals surface area contributed by atoms with Crippen molar-refractivity contribution in [3.05, 3.63) is 75.8 Å². The van der Waals surface area contributed by atoms with E-state index in [2.05, 4.69) is 20.9 Å². The van der Waals surface area contributed by atoms with E-state index in [4.69, 9.17) is 11.6 Å². The second-order valence-corrected chi connectivity index (χ2v) is 8.58. The third-order valence-corrected chi connectivity index (χ3v) is 6.06. The molecule has 31 heavy (non-hydrogen) atoms. The van der Waals surface area contributed by atoms with Crippen molar-refractivity contribution < 1.29 is 9.59 Å². The molecule has 2 amide bonds. The van der Waals surface area contributed by atoms with E-state index in [9.17, 15) is 9.59 Å². The summed E-state index contributed by atoms with van der Waals surface area (Å²) in [4.78, 5) is 29.6. The summed E-state index contributed by atoms with van der Waals surface area (Å²) in [7, 11) is 0. The molecule has 1 aliphatic rings. The molecule has 1 atom stereocenters. The summed E-state index contributed by atoms with van der Waals surface area (Å²) in [5, 5.41) is 10.4. The van der Waals surface area contributed by atoms with Gasteiger partial charge in [0.05, 0.1) is 21.1 Å². The smallest absolute Gasteiger partial charge is 0.260 e. The Kier molecular flexibility index (Phi) is 6.44. The Hall–Kier alpha value is -3.03. The summed E-state index contributed by atoms with van der Waals surface area (Å²) in [6, 6.07) is 14.8. The number of fused-ring (bicyclic) bond motifs is 1.